The fourth-order valence-corrected chi connectivity index (χ4v) is 1.45. The molecule has 0 saturated carbocycles. The average molecular weight is 220 g/mol. The number of hydrogen-bond donors (Lipinski definition) is 2. The molecule has 0 radical (unpaired) electrons. The van der Waals surface area contributed by atoms with Gasteiger partial charge in [-0.25, -0.2) is 0 Å². The highest BCUT2D eigenvalue weighted by atomic mass is 16.3. The molecule has 0 spiro atoms. The third-order valence-electron chi connectivity index (χ3n) is 2.35. The lowest BCUT2D eigenvalue weighted by Gasteiger charge is -2.02. The van der Waals surface area contributed by atoms with Crippen LogP contribution in [0.25, 0.3) is 0 Å². The maximum Gasteiger partial charge on any atom is 0.0755 e. The van der Waals surface area contributed by atoms with Crippen molar-refractivity contribution in [3.05, 3.63) is 48.6 Å². The zero-order valence-corrected chi connectivity index (χ0v) is 9.50. The molecule has 2 nitrogen and oxygen atoms in total. The van der Waals surface area contributed by atoms with Gasteiger partial charge < -0.3 is 10.2 Å². The Morgan fingerprint density at radius 1 is 0.688 bits per heavy atom. The molecule has 2 unspecified atom stereocenters. The molecule has 0 fully saturated rings. The lowest BCUT2D eigenvalue weighted by Crippen LogP contribution is -2.00. The molecule has 88 valence electrons. The summed E-state index contributed by atoms with van der Waals surface area (Å²) < 4.78 is 0. The second-order valence-corrected chi connectivity index (χ2v) is 3.90. The van der Waals surface area contributed by atoms with Crippen molar-refractivity contribution >= 4 is 0 Å². The van der Waals surface area contributed by atoms with E-state index in [4.69, 9.17) is 0 Å². The third-order valence-corrected chi connectivity index (χ3v) is 2.35. The van der Waals surface area contributed by atoms with E-state index in [2.05, 4.69) is 0 Å². The fraction of sp³-hybridized carbons (Fsp3) is 0.429. The Hall–Kier alpha value is -1.12. The average Bonchev–Trinajstić information content (AvgIpc) is 2.27. The van der Waals surface area contributed by atoms with E-state index < -0.39 is 0 Å². The van der Waals surface area contributed by atoms with Crippen LogP contribution >= 0.6 is 0 Å². The molecule has 0 heterocycles. The maximum atomic E-state index is 9.54. The van der Waals surface area contributed by atoms with Crippen LogP contribution in [0.4, 0.5) is 0 Å². The zero-order valence-electron chi connectivity index (χ0n) is 9.50. The van der Waals surface area contributed by atoms with Gasteiger partial charge in [0.15, 0.2) is 0 Å². The predicted molar refractivity (Wildman–Crippen MR) is 67.0 cm³/mol. The third kappa shape index (κ3) is 6.38. The summed E-state index contributed by atoms with van der Waals surface area (Å²) in [7, 11) is 0. The Balaban J connectivity index is 2.53. The van der Waals surface area contributed by atoms with Gasteiger partial charge >= 0.3 is 0 Å². The van der Waals surface area contributed by atoms with Gasteiger partial charge in [0.05, 0.1) is 12.2 Å². The van der Waals surface area contributed by atoms with E-state index in [1.807, 2.05) is 48.6 Å². The second-order valence-electron chi connectivity index (χ2n) is 3.90. The summed E-state index contributed by atoms with van der Waals surface area (Å²) in [5.74, 6) is 0. The second kappa shape index (κ2) is 8.08. The van der Waals surface area contributed by atoms with Crippen molar-refractivity contribution in [2.24, 2.45) is 0 Å². The van der Waals surface area contributed by atoms with Crippen LogP contribution < -0.4 is 0 Å². The Bertz CT molecular complexity index is 257. The van der Waals surface area contributed by atoms with Crippen molar-refractivity contribution in [3.8, 4) is 0 Å². The predicted octanol–water partition coefficient (Wildman–Crippen LogP) is 2.51. The lowest BCUT2D eigenvalue weighted by molar-refractivity contribution is 0.225. The molecule has 2 atom stereocenters. The SMILES string of the molecule is OC1C=CCCC=CC(O)CC=CC=CC1. The molecule has 2 heteroatoms. The van der Waals surface area contributed by atoms with Gasteiger partial charge in [0.25, 0.3) is 0 Å². The molecule has 0 aromatic heterocycles. The first-order valence-corrected chi connectivity index (χ1v) is 5.80. The molecular formula is C14H20O2. The van der Waals surface area contributed by atoms with Crippen LogP contribution in [0.15, 0.2) is 48.6 Å². The number of aliphatic hydroxyl groups is 2. The number of hydrogen-bond acceptors (Lipinski definition) is 2. The molecule has 1 aliphatic rings. The topological polar surface area (TPSA) is 40.5 Å². The highest BCUT2D eigenvalue weighted by Crippen LogP contribution is 2.03. The van der Waals surface area contributed by atoms with Gasteiger partial charge in [0, 0.05) is 0 Å². The Morgan fingerprint density at radius 3 is 1.56 bits per heavy atom. The van der Waals surface area contributed by atoms with Crippen LogP contribution in [-0.4, -0.2) is 22.4 Å². The van der Waals surface area contributed by atoms with Gasteiger partial charge in [-0.2, -0.15) is 0 Å². The van der Waals surface area contributed by atoms with Crippen LogP contribution in [0.2, 0.25) is 0 Å². The first-order chi connectivity index (χ1) is 7.79. The lowest BCUT2D eigenvalue weighted by atomic mass is 10.1. The standard InChI is InChI=1S/C14H20O2/c15-13-9-5-1-2-6-10-14(16)12-8-4-3-7-11-13/h1-2,5-8,11-16H,3-4,9-10H2. The largest absolute Gasteiger partial charge is 0.389 e. The molecule has 1 aliphatic carbocycles. The van der Waals surface area contributed by atoms with Crippen molar-refractivity contribution in [2.75, 3.05) is 0 Å². The van der Waals surface area contributed by atoms with Crippen molar-refractivity contribution < 1.29 is 10.2 Å². The molecule has 0 aromatic carbocycles. The number of rotatable bonds is 0. The van der Waals surface area contributed by atoms with Gasteiger partial charge in [0.1, 0.15) is 0 Å². The van der Waals surface area contributed by atoms with Gasteiger partial charge in [-0.3, -0.25) is 0 Å². The smallest absolute Gasteiger partial charge is 0.0755 e. The van der Waals surface area contributed by atoms with E-state index in [9.17, 15) is 10.2 Å². The summed E-state index contributed by atoms with van der Waals surface area (Å²) >= 11 is 0. The maximum absolute atomic E-state index is 9.54. The van der Waals surface area contributed by atoms with Crippen molar-refractivity contribution in [1.82, 2.24) is 0 Å². The first kappa shape index (κ1) is 12.9. The van der Waals surface area contributed by atoms with E-state index in [0.29, 0.717) is 12.8 Å². The Morgan fingerprint density at radius 2 is 1.12 bits per heavy atom. The summed E-state index contributed by atoms with van der Waals surface area (Å²) in [5.41, 5.74) is 0. The minimum absolute atomic E-state index is 0.387. The van der Waals surface area contributed by atoms with Gasteiger partial charge in [-0.1, -0.05) is 48.6 Å². The number of aliphatic hydroxyl groups excluding tert-OH is 2. The van der Waals surface area contributed by atoms with Gasteiger partial charge in [-0.05, 0) is 25.7 Å². The molecule has 1 rings (SSSR count). The van der Waals surface area contributed by atoms with Crippen molar-refractivity contribution in [3.63, 3.8) is 0 Å². The van der Waals surface area contributed by atoms with E-state index >= 15 is 0 Å². The minimum atomic E-state index is -0.387. The molecule has 0 bridgehead atoms. The summed E-state index contributed by atoms with van der Waals surface area (Å²) in [4.78, 5) is 0. The molecular weight excluding hydrogens is 200 g/mol. The van der Waals surface area contributed by atoms with E-state index in [-0.39, 0.29) is 12.2 Å². The van der Waals surface area contributed by atoms with E-state index in [0.717, 1.165) is 12.8 Å². The van der Waals surface area contributed by atoms with Crippen LogP contribution in [0.5, 0.6) is 0 Å². The molecule has 16 heavy (non-hydrogen) atoms. The van der Waals surface area contributed by atoms with Crippen LogP contribution in [0.3, 0.4) is 0 Å². The van der Waals surface area contributed by atoms with Crippen LogP contribution in [0, 0.1) is 0 Å². The molecule has 0 amide bonds. The molecule has 0 aromatic rings. The fourth-order valence-electron chi connectivity index (χ4n) is 1.45. The normalized spacial score (nSPS) is 27.9. The molecule has 2 N–H and O–H groups in total. The zero-order chi connectivity index (χ0) is 11.6. The van der Waals surface area contributed by atoms with Crippen molar-refractivity contribution in [2.45, 2.75) is 37.9 Å². The summed E-state index contributed by atoms with van der Waals surface area (Å²) in [6, 6.07) is 0. The van der Waals surface area contributed by atoms with Gasteiger partial charge in [-0.15, -0.1) is 0 Å². The minimum Gasteiger partial charge on any atom is -0.389 e. The molecule has 0 saturated heterocycles. The highest BCUT2D eigenvalue weighted by Gasteiger charge is 1.95. The Labute approximate surface area is 97.3 Å². The molecule has 0 aliphatic heterocycles. The number of allylic oxidation sites excluding steroid dienone is 4. The highest BCUT2D eigenvalue weighted by molar-refractivity contribution is 5.06. The summed E-state index contributed by atoms with van der Waals surface area (Å²) in [6.45, 7) is 0. The summed E-state index contributed by atoms with van der Waals surface area (Å²) in [5, 5.41) is 19.1. The van der Waals surface area contributed by atoms with E-state index in [1.165, 1.54) is 0 Å². The first-order valence-electron chi connectivity index (χ1n) is 5.80. The van der Waals surface area contributed by atoms with Gasteiger partial charge in [0.2, 0.25) is 0 Å². The Kier molecular flexibility index (Phi) is 6.54. The quantitative estimate of drug-likeness (QED) is 0.616. The monoisotopic (exact) mass is 220 g/mol. The van der Waals surface area contributed by atoms with Crippen LogP contribution in [0.1, 0.15) is 25.7 Å². The van der Waals surface area contributed by atoms with Crippen molar-refractivity contribution in [1.29, 1.82) is 0 Å². The summed E-state index contributed by atoms with van der Waals surface area (Å²) in [6.07, 6.45) is 17.6. The van der Waals surface area contributed by atoms with Crippen LogP contribution in [-0.2, 0) is 0 Å². The van der Waals surface area contributed by atoms with E-state index in [1.54, 1.807) is 0 Å².